The molecule has 0 aromatic carbocycles. The topological polar surface area (TPSA) is 12.0 Å². The Morgan fingerprint density at radius 2 is 1.93 bits per heavy atom. The monoisotopic (exact) mass is 207 g/mol. The Labute approximate surface area is 94.3 Å². The zero-order chi connectivity index (χ0) is 10.5. The third-order valence-corrected chi connectivity index (χ3v) is 3.73. The average molecular weight is 207 g/mol. The number of allylic oxidation sites excluding steroid dienone is 1. The molecule has 0 aromatic heterocycles. The van der Waals surface area contributed by atoms with Crippen LogP contribution in [0.15, 0.2) is 11.6 Å². The first kappa shape index (κ1) is 11.2. The van der Waals surface area contributed by atoms with Crippen molar-refractivity contribution in [2.45, 2.75) is 64.3 Å². The molecule has 2 aliphatic carbocycles. The molecule has 1 heteroatoms. The van der Waals surface area contributed by atoms with Gasteiger partial charge in [0, 0.05) is 6.04 Å². The molecule has 2 aliphatic rings. The highest BCUT2D eigenvalue weighted by atomic mass is 14.9. The number of nitrogens with one attached hydrogen (secondary N) is 1. The zero-order valence-electron chi connectivity index (χ0n) is 10.1. The van der Waals surface area contributed by atoms with Gasteiger partial charge in [0.1, 0.15) is 0 Å². The third kappa shape index (κ3) is 4.38. The fourth-order valence-electron chi connectivity index (χ4n) is 2.65. The lowest BCUT2D eigenvalue weighted by molar-refractivity contribution is 0.542. The maximum Gasteiger partial charge on any atom is 0.00683 e. The fraction of sp³-hybridized carbons (Fsp3) is 0.857. The SMILES string of the molecule is CC(=CCCNC1CC1)CC1CCCC1. The molecule has 1 N–H and O–H groups in total. The molecule has 2 fully saturated rings. The Kier molecular flexibility index (Phi) is 4.25. The molecular weight excluding hydrogens is 182 g/mol. The van der Waals surface area contributed by atoms with E-state index in [1.54, 1.807) is 5.57 Å². The normalized spacial score (nSPS) is 23.7. The Morgan fingerprint density at radius 1 is 1.20 bits per heavy atom. The van der Waals surface area contributed by atoms with E-state index < -0.39 is 0 Å². The minimum Gasteiger partial charge on any atom is -0.314 e. The van der Waals surface area contributed by atoms with Gasteiger partial charge in [-0.05, 0) is 45.1 Å². The summed E-state index contributed by atoms with van der Waals surface area (Å²) in [4.78, 5) is 0. The van der Waals surface area contributed by atoms with Crippen LogP contribution < -0.4 is 5.32 Å². The molecule has 0 amide bonds. The van der Waals surface area contributed by atoms with E-state index >= 15 is 0 Å². The van der Waals surface area contributed by atoms with Crippen LogP contribution in [-0.4, -0.2) is 12.6 Å². The molecule has 0 saturated heterocycles. The smallest absolute Gasteiger partial charge is 0.00683 e. The molecule has 0 atom stereocenters. The van der Waals surface area contributed by atoms with Crippen molar-refractivity contribution in [3.05, 3.63) is 11.6 Å². The van der Waals surface area contributed by atoms with Crippen molar-refractivity contribution < 1.29 is 0 Å². The van der Waals surface area contributed by atoms with Crippen LogP contribution in [-0.2, 0) is 0 Å². The molecular formula is C14H25N. The molecule has 2 rings (SSSR count). The summed E-state index contributed by atoms with van der Waals surface area (Å²) in [5.74, 6) is 1.01. The molecule has 0 aliphatic heterocycles. The summed E-state index contributed by atoms with van der Waals surface area (Å²) in [5, 5.41) is 3.56. The summed E-state index contributed by atoms with van der Waals surface area (Å²) >= 11 is 0. The number of hydrogen-bond acceptors (Lipinski definition) is 1. The molecule has 0 aromatic rings. The van der Waals surface area contributed by atoms with E-state index in [1.165, 1.54) is 57.9 Å². The van der Waals surface area contributed by atoms with Crippen molar-refractivity contribution >= 4 is 0 Å². The van der Waals surface area contributed by atoms with Gasteiger partial charge in [0.25, 0.3) is 0 Å². The van der Waals surface area contributed by atoms with Gasteiger partial charge >= 0.3 is 0 Å². The highest BCUT2D eigenvalue weighted by Crippen LogP contribution is 2.30. The van der Waals surface area contributed by atoms with Gasteiger partial charge in [0.05, 0.1) is 0 Å². The van der Waals surface area contributed by atoms with Crippen LogP contribution in [0.3, 0.4) is 0 Å². The lowest BCUT2D eigenvalue weighted by Gasteiger charge is -2.09. The van der Waals surface area contributed by atoms with E-state index in [1.807, 2.05) is 0 Å². The van der Waals surface area contributed by atoms with E-state index in [9.17, 15) is 0 Å². The summed E-state index contributed by atoms with van der Waals surface area (Å²) in [6.45, 7) is 3.50. The second kappa shape index (κ2) is 5.69. The standard InChI is InChI=1S/C14H25N/c1-12(11-13-6-2-3-7-13)5-4-10-15-14-8-9-14/h5,13-15H,2-4,6-11H2,1H3. The van der Waals surface area contributed by atoms with Crippen molar-refractivity contribution in [3.8, 4) is 0 Å². The van der Waals surface area contributed by atoms with Crippen LogP contribution >= 0.6 is 0 Å². The Hall–Kier alpha value is -0.300. The molecule has 2 saturated carbocycles. The first-order chi connectivity index (χ1) is 7.34. The lowest BCUT2D eigenvalue weighted by atomic mass is 9.98. The quantitative estimate of drug-likeness (QED) is 0.518. The molecule has 86 valence electrons. The Bertz CT molecular complexity index is 209. The molecule has 0 spiro atoms. The van der Waals surface area contributed by atoms with Crippen molar-refractivity contribution in [1.82, 2.24) is 5.32 Å². The van der Waals surface area contributed by atoms with Gasteiger partial charge in [-0.1, -0.05) is 37.3 Å². The van der Waals surface area contributed by atoms with Gasteiger partial charge in [-0.3, -0.25) is 0 Å². The maximum absolute atomic E-state index is 3.56. The first-order valence-electron chi connectivity index (χ1n) is 6.73. The fourth-order valence-corrected chi connectivity index (χ4v) is 2.65. The van der Waals surface area contributed by atoms with Gasteiger partial charge in [-0.15, -0.1) is 0 Å². The van der Waals surface area contributed by atoms with Crippen molar-refractivity contribution in [3.63, 3.8) is 0 Å². The van der Waals surface area contributed by atoms with E-state index in [0.717, 1.165) is 12.0 Å². The van der Waals surface area contributed by atoms with Gasteiger partial charge in [-0.25, -0.2) is 0 Å². The summed E-state index contributed by atoms with van der Waals surface area (Å²) in [5.41, 5.74) is 1.62. The van der Waals surface area contributed by atoms with Gasteiger partial charge in [0.2, 0.25) is 0 Å². The van der Waals surface area contributed by atoms with Gasteiger partial charge < -0.3 is 5.32 Å². The second-order valence-electron chi connectivity index (χ2n) is 5.42. The minimum atomic E-state index is 0.869. The van der Waals surface area contributed by atoms with E-state index in [4.69, 9.17) is 0 Å². The molecule has 15 heavy (non-hydrogen) atoms. The third-order valence-electron chi connectivity index (χ3n) is 3.73. The lowest BCUT2D eigenvalue weighted by Crippen LogP contribution is -2.16. The van der Waals surface area contributed by atoms with Gasteiger partial charge in [-0.2, -0.15) is 0 Å². The van der Waals surface area contributed by atoms with E-state index in [-0.39, 0.29) is 0 Å². The number of rotatable bonds is 6. The largest absolute Gasteiger partial charge is 0.314 e. The summed E-state index contributed by atoms with van der Waals surface area (Å²) in [6.07, 6.45) is 13.8. The molecule has 0 heterocycles. The summed E-state index contributed by atoms with van der Waals surface area (Å²) in [6, 6.07) is 0.869. The second-order valence-corrected chi connectivity index (χ2v) is 5.42. The van der Waals surface area contributed by atoms with Crippen molar-refractivity contribution in [1.29, 1.82) is 0 Å². The van der Waals surface area contributed by atoms with Crippen molar-refractivity contribution in [2.24, 2.45) is 5.92 Å². The minimum absolute atomic E-state index is 0.869. The maximum atomic E-state index is 3.56. The highest BCUT2D eigenvalue weighted by Gasteiger charge is 2.19. The van der Waals surface area contributed by atoms with E-state index in [2.05, 4.69) is 18.3 Å². The first-order valence-corrected chi connectivity index (χ1v) is 6.73. The molecule has 0 unspecified atom stereocenters. The molecule has 0 radical (unpaired) electrons. The van der Waals surface area contributed by atoms with Crippen LogP contribution in [0.5, 0.6) is 0 Å². The van der Waals surface area contributed by atoms with Crippen LogP contribution in [0.4, 0.5) is 0 Å². The van der Waals surface area contributed by atoms with E-state index in [0.29, 0.717) is 0 Å². The van der Waals surface area contributed by atoms with Gasteiger partial charge in [0.15, 0.2) is 0 Å². The molecule has 0 bridgehead atoms. The van der Waals surface area contributed by atoms with Crippen LogP contribution in [0.1, 0.15) is 58.3 Å². The average Bonchev–Trinajstić information content (AvgIpc) is 2.91. The zero-order valence-corrected chi connectivity index (χ0v) is 10.1. The van der Waals surface area contributed by atoms with Crippen LogP contribution in [0.2, 0.25) is 0 Å². The molecule has 1 nitrogen and oxygen atoms in total. The van der Waals surface area contributed by atoms with Crippen LogP contribution in [0.25, 0.3) is 0 Å². The summed E-state index contributed by atoms with van der Waals surface area (Å²) in [7, 11) is 0. The predicted octanol–water partition coefficient (Wildman–Crippen LogP) is 3.66. The summed E-state index contributed by atoms with van der Waals surface area (Å²) < 4.78 is 0. The number of hydrogen-bond donors (Lipinski definition) is 1. The van der Waals surface area contributed by atoms with Crippen molar-refractivity contribution in [2.75, 3.05) is 6.54 Å². The Morgan fingerprint density at radius 3 is 2.60 bits per heavy atom. The predicted molar refractivity (Wildman–Crippen MR) is 66.0 cm³/mol. The highest BCUT2D eigenvalue weighted by molar-refractivity contribution is 5.00. The Balaban J connectivity index is 1.56. The van der Waals surface area contributed by atoms with Crippen LogP contribution in [0, 0.1) is 5.92 Å².